The second-order valence-electron chi connectivity index (χ2n) is 6.74. The Morgan fingerprint density at radius 3 is 2.12 bits per heavy atom. The summed E-state index contributed by atoms with van der Waals surface area (Å²) < 4.78 is 10.6. The van der Waals surface area contributed by atoms with Crippen molar-refractivity contribution in [2.24, 2.45) is 0 Å². The van der Waals surface area contributed by atoms with E-state index in [1.807, 2.05) is 24.3 Å². The highest BCUT2D eigenvalue weighted by Gasteiger charge is 2.09. The van der Waals surface area contributed by atoms with Gasteiger partial charge in [-0.3, -0.25) is 0 Å². The summed E-state index contributed by atoms with van der Waals surface area (Å²) in [6.07, 6.45) is 13.6. The van der Waals surface area contributed by atoms with Crippen LogP contribution >= 0.6 is 0 Å². The molecule has 0 heterocycles. The van der Waals surface area contributed by atoms with Gasteiger partial charge in [-0.1, -0.05) is 89.8 Å². The molecule has 0 N–H and O–H groups in total. The van der Waals surface area contributed by atoms with Gasteiger partial charge in [0.1, 0.15) is 5.75 Å². The molecule has 3 heteroatoms. The molecule has 0 fully saturated rings. The van der Waals surface area contributed by atoms with Crippen LogP contribution in [0.15, 0.2) is 24.3 Å². The van der Waals surface area contributed by atoms with Crippen molar-refractivity contribution in [1.82, 2.24) is 0 Å². The molecule has 0 aliphatic rings. The number of unbranched alkanes of at least 4 members (excludes halogenated alkanes) is 9. The molecule has 0 unspecified atom stereocenters. The normalized spacial score (nSPS) is 10.6. The SMILES string of the molecule is CCCCCCCCOC(=O)Oc1ccccc1CCCCCCC. The van der Waals surface area contributed by atoms with Gasteiger partial charge in [-0.15, -0.1) is 0 Å². The first-order valence-electron chi connectivity index (χ1n) is 10.2. The van der Waals surface area contributed by atoms with Gasteiger partial charge in [-0.25, -0.2) is 4.79 Å². The average molecular weight is 349 g/mol. The fraction of sp³-hybridized carbons (Fsp3) is 0.682. The molecule has 142 valence electrons. The predicted octanol–water partition coefficient (Wildman–Crippen LogP) is 7.08. The molecule has 0 radical (unpaired) electrons. The van der Waals surface area contributed by atoms with Crippen LogP contribution in [0, 0.1) is 0 Å². The van der Waals surface area contributed by atoms with Crippen molar-refractivity contribution < 1.29 is 14.3 Å². The number of benzene rings is 1. The van der Waals surface area contributed by atoms with E-state index >= 15 is 0 Å². The number of aryl methyl sites for hydroxylation is 1. The minimum Gasteiger partial charge on any atom is -0.434 e. The lowest BCUT2D eigenvalue weighted by Crippen LogP contribution is -2.12. The number of ether oxygens (including phenoxy) is 2. The number of carbonyl (C=O) groups is 1. The lowest BCUT2D eigenvalue weighted by molar-refractivity contribution is 0.0969. The van der Waals surface area contributed by atoms with E-state index in [0.717, 1.165) is 31.2 Å². The van der Waals surface area contributed by atoms with Gasteiger partial charge in [0.15, 0.2) is 0 Å². The van der Waals surface area contributed by atoms with Crippen molar-refractivity contribution in [1.29, 1.82) is 0 Å². The summed E-state index contributed by atoms with van der Waals surface area (Å²) in [7, 11) is 0. The van der Waals surface area contributed by atoms with Crippen molar-refractivity contribution in [3.63, 3.8) is 0 Å². The van der Waals surface area contributed by atoms with Gasteiger partial charge in [0.25, 0.3) is 0 Å². The maximum absolute atomic E-state index is 11.9. The maximum Gasteiger partial charge on any atom is 0.513 e. The van der Waals surface area contributed by atoms with Crippen LogP contribution in [0.5, 0.6) is 5.75 Å². The first-order valence-corrected chi connectivity index (χ1v) is 10.2. The molecular formula is C22H36O3. The second kappa shape index (κ2) is 14.8. The molecule has 1 aromatic rings. The lowest BCUT2D eigenvalue weighted by Gasteiger charge is -2.10. The molecule has 0 aromatic heterocycles. The highest BCUT2D eigenvalue weighted by molar-refractivity contribution is 5.64. The number of carbonyl (C=O) groups excluding carboxylic acids is 1. The number of para-hydroxylation sites is 1. The lowest BCUT2D eigenvalue weighted by atomic mass is 10.0. The van der Waals surface area contributed by atoms with E-state index in [4.69, 9.17) is 9.47 Å². The molecule has 1 aromatic carbocycles. The molecule has 0 amide bonds. The number of hydrogen-bond acceptors (Lipinski definition) is 3. The Morgan fingerprint density at radius 2 is 1.40 bits per heavy atom. The molecule has 0 aliphatic carbocycles. The molecule has 0 saturated carbocycles. The fourth-order valence-corrected chi connectivity index (χ4v) is 2.89. The number of rotatable bonds is 14. The molecule has 25 heavy (non-hydrogen) atoms. The maximum atomic E-state index is 11.9. The highest BCUT2D eigenvalue weighted by Crippen LogP contribution is 2.21. The minimum absolute atomic E-state index is 0.449. The third-order valence-corrected chi connectivity index (χ3v) is 4.43. The molecule has 0 atom stereocenters. The van der Waals surface area contributed by atoms with Gasteiger partial charge in [-0.05, 0) is 30.9 Å². The van der Waals surface area contributed by atoms with E-state index in [1.165, 1.54) is 51.4 Å². The zero-order valence-corrected chi connectivity index (χ0v) is 16.2. The van der Waals surface area contributed by atoms with Crippen LogP contribution in [0.3, 0.4) is 0 Å². The Balaban J connectivity index is 2.24. The zero-order valence-electron chi connectivity index (χ0n) is 16.2. The predicted molar refractivity (Wildman–Crippen MR) is 104 cm³/mol. The van der Waals surface area contributed by atoms with Crippen LogP contribution < -0.4 is 4.74 Å². The van der Waals surface area contributed by atoms with Crippen molar-refractivity contribution in [3.05, 3.63) is 29.8 Å². The van der Waals surface area contributed by atoms with Gasteiger partial charge in [0, 0.05) is 0 Å². The summed E-state index contributed by atoms with van der Waals surface area (Å²) >= 11 is 0. The minimum atomic E-state index is -0.577. The van der Waals surface area contributed by atoms with E-state index in [2.05, 4.69) is 13.8 Å². The molecule has 3 nitrogen and oxygen atoms in total. The van der Waals surface area contributed by atoms with Gasteiger partial charge in [0.2, 0.25) is 0 Å². The first-order chi connectivity index (χ1) is 12.3. The van der Waals surface area contributed by atoms with Crippen molar-refractivity contribution in [2.75, 3.05) is 6.61 Å². The Labute approximate surface area is 154 Å². The summed E-state index contributed by atoms with van der Waals surface area (Å²) in [4.78, 5) is 11.9. The third kappa shape index (κ3) is 10.9. The van der Waals surface area contributed by atoms with Gasteiger partial charge in [-0.2, -0.15) is 0 Å². The summed E-state index contributed by atoms with van der Waals surface area (Å²) in [5.41, 5.74) is 1.09. The highest BCUT2D eigenvalue weighted by atomic mass is 16.7. The van der Waals surface area contributed by atoms with Crippen LogP contribution in [-0.4, -0.2) is 12.8 Å². The van der Waals surface area contributed by atoms with Crippen molar-refractivity contribution in [2.45, 2.75) is 90.9 Å². The molecule has 0 bridgehead atoms. The zero-order chi connectivity index (χ0) is 18.2. The second-order valence-corrected chi connectivity index (χ2v) is 6.74. The summed E-state index contributed by atoms with van der Waals surface area (Å²) in [6, 6.07) is 7.79. The molecule has 0 spiro atoms. The van der Waals surface area contributed by atoms with Crippen LogP contribution in [0.2, 0.25) is 0 Å². The summed E-state index contributed by atoms with van der Waals surface area (Å²) in [6.45, 7) is 4.88. The van der Waals surface area contributed by atoms with E-state index < -0.39 is 6.16 Å². The Hall–Kier alpha value is -1.51. The van der Waals surface area contributed by atoms with Crippen LogP contribution in [0.1, 0.15) is 90.0 Å². The standard InChI is InChI=1S/C22H36O3/c1-3-5-7-9-11-15-19-24-22(23)25-21-18-14-13-17-20(21)16-12-10-8-6-4-2/h13-14,17-18H,3-12,15-16,19H2,1-2H3. The number of hydrogen-bond donors (Lipinski definition) is 0. The van der Waals surface area contributed by atoms with Crippen LogP contribution in [0.4, 0.5) is 4.79 Å². The monoisotopic (exact) mass is 348 g/mol. The van der Waals surface area contributed by atoms with Crippen molar-refractivity contribution in [3.8, 4) is 5.75 Å². The molecule has 0 aliphatic heterocycles. The molecule has 1 rings (SSSR count). The van der Waals surface area contributed by atoms with E-state index in [-0.39, 0.29) is 0 Å². The van der Waals surface area contributed by atoms with E-state index in [9.17, 15) is 4.79 Å². The van der Waals surface area contributed by atoms with E-state index in [1.54, 1.807) is 0 Å². The van der Waals surface area contributed by atoms with Gasteiger partial charge < -0.3 is 9.47 Å². The smallest absolute Gasteiger partial charge is 0.434 e. The van der Waals surface area contributed by atoms with Crippen LogP contribution in [-0.2, 0) is 11.2 Å². The summed E-state index contributed by atoms with van der Waals surface area (Å²) in [5, 5.41) is 0. The first kappa shape index (κ1) is 21.5. The topological polar surface area (TPSA) is 35.5 Å². The average Bonchev–Trinajstić information content (AvgIpc) is 2.62. The fourth-order valence-electron chi connectivity index (χ4n) is 2.89. The van der Waals surface area contributed by atoms with Gasteiger partial charge in [0.05, 0.1) is 6.61 Å². The van der Waals surface area contributed by atoms with E-state index in [0.29, 0.717) is 12.4 Å². The third-order valence-electron chi connectivity index (χ3n) is 4.43. The van der Waals surface area contributed by atoms with Gasteiger partial charge >= 0.3 is 6.16 Å². The Kier molecular flexibility index (Phi) is 12.7. The molecular weight excluding hydrogens is 312 g/mol. The Morgan fingerprint density at radius 1 is 0.800 bits per heavy atom. The quantitative estimate of drug-likeness (QED) is 0.205. The summed E-state index contributed by atoms with van der Waals surface area (Å²) in [5.74, 6) is 0.644. The largest absolute Gasteiger partial charge is 0.513 e. The van der Waals surface area contributed by atoms with Crippen molar-refractivity contribution >= 4 is 6.16 Å². The van der Waals surface area contributed by atoms with Crippen LogP contribution in [0.25, 0.3) is 0 Å². The Bertz CT molecular complexity index is 456. The molecule has 0 saturated heterocycles.